The van der Waals surface area contributed by atoms with Gasteiger partial charge in [0.05, 0.1) is 0 Å². The SMILES string of the molecule is C=C(CC)CC(CN(C)C)NC. The lowest BCUT2D eigenvalue weighted by Crippen LogP contribution is -2.36. The number of likely N-dealkylation sites (N-methyl/N-ethyl adjacent to an activating group) is 2. The van der Waals surface area contributed by atoms with Crippen LogP contribution < -0.4 is 5.32 Å². The van der Waals surface area contributed by atoms with Crippen molar-refractivity contribution < 1.29 is 0 Å². The summed E-state index contributed by atoms with van der Waals surface area (Å²) in [5.74, 6) is 0. The molecule has 2 nitrogen and oxygen atoms in total. The summed E-state index contributed by atoms with van der Waals surface area (Å²) in [5, 5.41) is 3.30. The normalized spacial score (nSPS) is 13.4. The van der Waals surface area contributed by atoms with Crippen molar-refractivity contribution >= 4 is 0 Å². The van der Waals surface area contributed by atoms with E-state index in [0.717, 1.165) is 19.4 Å². The number of nitrogens with zero attached hydrogens (tertiary/aromatic N) is 1. The Hall–Kier alpha value is -0.340. The van der Waals surface area contributed by atoms with Crippen LogP contribution in [-0.4, -0.2) is 38.6 Å². The first-order valence-corrected chi connectivity index (χ1v) is 4.58. The smallest absolute Gasteiger partial charge is 0.0228 e. The van der Waals surface area contributed by atoms with Crippen LogP contribution in [0, 0.1) is 0 Å². The van der Waals surface area contributed by atoms with E-state index in [0.29, 0.717) is 6.04 Å². The van der Waals surface area contributed by atoms with Gasteiger partial charge in [0.15, 0.2) is 0 Å². The lowest BCUT2D eigenvalue weighted by atomic mass is 10.1. The first-order chi connectivity index (χ1) is 5.60. The van der Waals surface area contributed by atoms with Crippen LogP contribution in [-0.2, 0) is 0 Å². The first-order valence-electron chi connectivity index (χ1n) is 4.58. The van der Waals surface area contributed by atoms with Gasteiger partial charge in [-0.15, -0.1) is 0 Å². The molecule has 1 atom stereocenters. The van der Waals surface area contributed by atoms with Crippen molar-refractivity contribution in [3.8, 4) is 0 Å². The molecule has 0 aliphatic heterocycles. The van der Waals surface area contributed by atoms with Crippen molar-refractivity contribution in [1.82, 2.24) is 10.2 Å². The maximum absolute atomic E-state index is 4.01. The molecule has 0 saturated carbocycles. The van der Waals surface area contributed by atoms with Crippen molar-refractivity contribution in [1.29, 1.82) is 0 Å². The molecule has 0 rings (SSSR count). The van der Waals surface area contributed by atoms with Gasteiger partial charge in [0.1, 0.15) is 0 Å². The van der Waals surface area contributed by atoms with E-state index in [1.165, 1.54) is 5.57 Å². The molecule has 0 aliphatic rings. The quantitative estimate of drug-likeness (QED) is 0.608. The lowest BCUT2D eigenvalue weighted by Gasteiger charge is -2.20. The molecule has 0 aliphatic carbocycles. The highest BCUT2D eigenvalue weighted by Gasteiger charge is 2.07. The Morgan fingerprint density at radius 1 is 1.50 bits per heavy atom. The van der Waals surface area contributed by atoms with Crippen molar-refractivity contribution in [3.63, 3.8) is 0 Å². The third-order valence-corrected chi connectivity index (χ3v) is 2.03. The van der Waals surface area contributed by atoms with E-state index in [4.69, 9.17) is 0 Å². The van der Waals surface area contributed by atoms with Gasteiger partial charge in [0, 0.05) is 12.6 Å². The number of hydrogen-bond donors (Lipinski definition) is 1. The van der Waals surface area contributed by atoms with Crippen LogP contribution in [0.1, 0.15) is 19.8 Å². The molecule has 0 aromatic rings. The maximum Gasteiger partial charge on any atom is 0.0228 e. The fourth-order valence-corrected chi connectivity index (χ4v) is 1.19. The third-order valence-electron chi connectivity index (χ3n) is 2.03. The molecule has 0 radical (unpaired) electrons. The molecule has 0 fully saturated rings. The summed E-state index contributed by atoms with van der Waals surface area (Å²) in [5.41, 5.74) is 1.33. The Labute approximate surface area is 76.6 Å². The molecule has 0 spiro atoms. The monoisotopic (exact) mass is 170 g/mol. The van der Waals surface area contributed by atoms with Crippen molar-refractivity contribution in [3.05, 3.63) is 12.2 Å². The Bertz CT molecular complexity index is 130. The summed E-state index contributed by atoms with van der Waals surface area (Å²) < 4.78 is 0. The minimum absolute atomic E-state index is 0.549. The van der Waals surface area contributed by atoms with Gasteiger partial charge in [-0.3, -0.25) is 0 Å². The molecule has 0 aromatic heterocycles. The lowest BCUT2D eigenvalue weighted by molar-refractivity contribution is 0.345. The minimum Gasteiger partial charge on any atom is -0.315 e. The minimum atomic E-state index is 0.549. The Kier molecular flexibility index (Phi) is 6.03. The van der Waals surface area contributed by atoms with E-state index < -0.39 is 0 Å². The topological polar surface area (TPSA) is 15.3 Å². The zero-order chi connectivity index (χ0) is 9.56. The summed E-state index contributed by atoms with van der Waals surface area (Å²) in [7, 11) is 6.20. The molecule has 0 aromatic carbocycles. The first kappa shape index (κ1) is 11.7. The Balaban J connectivity index is 3.74. The predicted molar refractivity (Wildman–Crippen MR) is 55.4 cm³/mol. The van der Waals surface area contributed by atoms with E-state index in [1.54, 1.807) is 0 Å². The fraction of sp³-hybridized carbons (Fsp3) is 0.800. The van der Waals surface area contributed by atoms with Gasteiger partial charge in [-0.25, -0.2) is 0 Å². The van der Waals surface area contributed by atoms with Crippen LogP contribution in [0.4, 0.5) is 0 Å². The third kappa shape index (κ3) is 5.33. The molecular formula is C10H22N2. The van der Waals surface area contributed by atoms with E-state index in [9.17, 15) is 0 Å². The summed E-state index contributed by atoms with van der Waals surface area (Å²) in [4.78, 5) is 2.20. The summed E-state index contributed by atoms with van der Waals surface area (Å²) in [6, 6.07) is 0.549. The second-order valence-electron chi connectivity index (χ2n) is 3.56. The standard InChI is InChI=1S/C10H22N2/c1-6-9(2)7-10(11-3)8-12(4)5/h10-11H,2,6-8H2,1,3-5H3. The average molecular weight is 170 g/mol. The molecule has 0 amide bonds. The molecule has 0 saturated heterocycles. The van der Waals surface area contributed by atoms with E-state index in [-0.39, 0.29) is 0 Å². The zero-order valence-corrected chi connectivity index (χ0v) is 8.85. The molecule has 2 heteroatoms. The van der Waals surface area contributed by atoms with Crippen LogP contribution in [0.2, 0.25) is 0 Å². The fourth-order valence-electron chi connectivity index (χ4n) is 1.19. The number of rotatable bonds is 6. The predicted octanol–water partition coefficient (Wildman–Crippen LogP) is 1.49. The van der Waals surface area contributed by atoms with Gasteiger partial charge >= 0.3 is 0 Å². The zero-order valence-electron chi connectivity index (χ0n) is 8.85. The van der Waals surface area contributed by atoms with Crippen LogP contribution in [0.5, 0.6) is 0 Å². The van der Waals surface area contributed by atoms with Gasteiger partial charge < -0.3 is 10.2 Å². The van der Waals surface area contributed by atoms with Crippen LogP contribution >= 0.6 is 0 Å². The molecule has 1 N–H and O–H groups in total. The summed E-state index contributed by atoms with van der Waals surface area (Å²) in [6.45, 7) is 7.25. The van der Waals surface area contributed by atoms with Gasteiger partial charge in [-0.1, -0.05) is 19.1 Å². The second-order valence-corrected chi connectivity index (χ2v) is 3.56. The van der Waals surface area contributed by atoms with Gasteiger partial charge in [0.2, 0.25) is 0 Å². The van der Waals surface area contributed by atoms with E-state index >= 15 is 0 Å². The van der Waals surface area contributed by atoms with Crippen molar-refractivity contribution in [2.75, 3.05) is 27.7 Å². The number of hydrogen-bond acceptors (Lipinski definition) is 2. The molecule has 0 heterocycles. The highest BCUT2D eigenvalue weighted by molar-refractivity contribution is 4.96. The highest BCUT2D eigenvalue weighted by atomic mass is 15.1. The molecule has 1 unspecified atom stereocenters. The second kappa shape index (κ2) is 6.21. The van der Waals surface area contributed by atoms with Gasteiger partial charge in [-0.05, 0) is 34.0 Å². The highest BCUT2D eigenvalue weighted by Crippen LogP contribution is 2.06. The maximum atomic E-state index is 4.01. The van der Waals surface area contributed by atoms with Crippen LogP contribution in [0.15, 0.2) is 12.2 Å². The van der Waals surface area contributed by atoms with Crippen LogP contribution in [0.3, 0.4) is 0 Å². The van der Waals surface area contributed by atoms with Crippen molar-refractivity contribution in [2.45, 2.75) is 25.8 Å². The van der Waals surface area contributed by atoms with Gasteiger partial charge in [0.25, 0.3) is 0 Å². The van der Waals surface area contributed by atoms with E-state index in [1.807, 2.05) is 7.05 Å². The van der Waals surface area contributed by atoms with Crippen molar-refractivity contribution in [2.24, 2.45) is 0 Å². The van der Waals surface area contributed by atoms with E-state index in [2.05, 4.69) is 37.8 Å². The Morgan fingerprint density at radius 2 is 2.08 bits per heavy atom. The summed E-state index contributed by atoms with van der Waals surface area (Å²) >= 11 is 0. The van der Waals surface area contributed by atoms with Gasteiger partial charge in [-0.2, -0.15) is 0 Å². The molecule has 72 valence electrons. The summed E-state index contributed by atoms with van der Waals surface area (Å²) in [6.07, 6.45) is 2.18. The molecule has 0 bridgehead atoms. The average Bonchev–Trinajstić information content (AvgIpc) is 2.02. The Morgan fingerprint density at radius 3 is 2.42 bits per heavy atom. The van der Waals surface area contributed by atoms with Crippen LogP contribution in [0.25, 0.3) is 0 Å². The number of nitrogens with one attached hydrogen (secondary N) is 1. The molecule has 12 heavy (non-hydrogen) atoms. The molecular weight excluding hydrogens is 148 g/mol. The largest absolute Gasteiger partial charge is 0.315 e.